The van der Waals surface area contributed by atoms with Gasteiger partial charge in [-0.2, -0.15) is 0 Å². The van der Waals surface area contributed by atoms with Crippen LogP contribution >= 0.6 is 23.2 Å². The van der Waals surface area contributed by atoms with Crippen molar-refractivity contribution in [2.75, 3.05) is 23.7 Å². The molecule has 0 spiro atoms. The average molecular weight is 529 g/mol. The summed E-state index contributed by atoms with van der Waals surface area (Å²) in [5.41, 5.74) is 1.61. The molecule has 186 valence electrons. The first-order valence-electron chi connectivity index (χ1n) is 11.0. The van der Waals surface area contributed by atoms with E-state index in [0.29, 0.717) is 39.8 Å². The van der Waals surface area contributed by atoms with E-state index in [0.717, 1.165) is 17.0 Å². The zero-order chi connectivity index (χ0) is 25.5. The highest BCUT2D eigenvalue weighted by Gasteiger charge is 2.32. The van der Waals surface area contributed by atoms with Gasteiger partial charge >= 0.3 is 0 Å². The minimum absolute atomic E-state index is 0.0582. The number of aryl methyl sites for hydroxylation is 1. The summed E-state index contributed by atoms with van der Waals surface area (Å²) in [6.07, 6.45) is 2.13. The molecule has 0 aliphatic heterocycles. The summed E-state index contributed by atoms with van der Waals surface area (Å²) in [5.74, 6) is -0.821. The molecule has 0 bridgehead atoms. The number of halogens is 2. The molecule has 1 atom stereocenters. The molecule has 2 aromatic rings. The van der Waals surface area contributed by atoms with Gasteiger partial charge in [0.15, 0.2) is 0 Å². The molecule has 0 aromatic heterocycles. The molecule has 0 saturated heterocycles. The zero-order valence-corrected chi connectivity index (χ0v) is 22.2. The van der Waals surface area contributed by atoms with Gasteiger partial charge in [0.05, 0.1) is 11.9 Å². The Kier molecular flexibility index (Phi) is 10.2. The van der Waals surface area contributed by atoms with Crippen molar-refractivity contribution in [1.29, 1.82) is 0 Å². The van der Waals surface area contributed by atoms with Crippen molar-refractivity contribution in [3.05, 3.63) is 63.6 Å². The molecular weight excluding hydrogens is 497 g/mol. The minimum Gasteiger partial charge on any atom is -0.354 e. The topological polar surface area (TPSA) is 86.8 Å². The summed E-state index contributed by atoms with van der Waals surface area (Å²) in [6.45, 7) is 5.53. The lowest BCUT2D eigenvalue weighted by Gasteiger charge is -2.33. The lowest BCUT2D eigenvalue weighted by atomic mass is 10.1. The van der Waals surface area contributed by atoms with E-state index < -0.39 is 28.5 Å². The standard InChI is InChI=1S/C24H31Cl2N3O4S/c1-5-13-27-24(31)21(6-2)28(15-18-9-7-8-10-20(18)26)23(30)16-29(34(4,32)33)22-14-19(25)12-11-17(22)3/h7-12,14,21H,5-6,13,15-16H2,1-4H3,(H,27,31). The van der Waals surface area contributed by atoms with E-state index in [4.69, 9.17) is 23.2 Å². The number of hydrogen-bond donors (Lipinski definition) is 1. The number of nitrogens with one attached hydrogen (secondary N) is 1. The Morgan fingerprint density at radius 2 is 1.76 bits per heavy atom. The van der Waals surface area contributed by atoms with E-state index in [-0.39, 0.29) is 12.5 Å². The molecule has 1 unspecified atom stereocenters. The van der Waals surface area contributed by atoms with Crippen molar-refractivity contribution in [1.82, 2.24) is 10.2 Å². The molecule has 0 fully saturated rings. The van der Waals surface area contributed by atoms with Crippen LogP contribution in [0, 0.1) is 6.92 Å². The number of hydrogen-bond acceptors (Lipinski definition) is 4. The Hall–Kier alpha value is -2.29. The first-order valence-corrected chi connectivity index (χ1v) is 13.6. The van der Waals surface area contributed by atoms with Gasteiger partial charge in [-0.05, 0) is 49.1 Å². The highest BCUT2D eigenvalue weighted by atomic mass is 35.5. The fourth-order valence-electron chi connectivity index (χ4n) is 3.54. The van der Waals surface area contributed by atoms with Crippen LogP contribution < -0.4 is 9.62 Å². The molecule has 0 aliphatic rings. The number of rotatable bonds is 11. The van der Waals surface area contributed by atoms with Gasteiger partial charge in [-0.3, -0.25) is 13.9 Å². The Balaban J connectivity index is 2.48. The summed E-state index contributed by atoms with van der Waals surface area (Å²) >= 11 is 12.5. The number of benzene rings is 2. The van der Waals surface area contributed by atoms with Gasteiger partial charge in [-0.1, -0.05) is 61.3 Å². The smallest absolute Gasteiger partial charge is 0.244 e. The number of carbonyl (C=O) groups excluding carboxylic acids is 2. The molecular formula is C24H31Cl2N3O4S. The highest BCUT2D eigenvalue weighted by Crippen LogP contribution is 2.27. The van der Waals surface area contributed by atoms with Crippen LogP contribution in [0.25, 0.3) is 0 Å². The molecule has 10 heteroatoms. The summed E-state index contributed by atoms with van der Waals surface area (Å²) < 4.78 is 26.4. The van der Waals surface area contributed by atoms with Crippen molar-refractivity contribution in [2.45, 2.75) is 46.2 Å². The molecule has 1 N–H and O–H groups in total. The Morgan fingerprint density at radius 1 is 1.09 bits per heavy atom. The third kappa shape index (κ3) is 7.35. The Bertz CT molecular complexity index is 1120. The third-order valence-electron chi connectivity index (χ3n) is 5.35. The molecule has 0 radical (unpaired) electrons. The zero-order valence-electron chi connectivity index (χ0n) is 19.8. The lowest BCUT2D eigenvalue weighted by Crippen LogP contribution is -2.52. The first-order chi connectivity index (χ1) is 16.0. The van der Waals surface area contributed by atoms with Gasteiger partial charge < -0.3 is 10.2 Å². The SMILES string of the molecule is CCCNC(=O)C(CC)N(Cc1ccccc1Cl)C(=O)CN(c1cc(Cl)ccc1C)S(C)(=O)=O. The molecule has 2 aromatic carbocycles. The first kappa shape index (κ1) is 28.0. The van der Waals surface area contributed by atoms with Crippen molar-refractivity contribution in [2.24, 2.45) is 0 Å². The van der Waals surface area contributed by atoms with Crippen molar-refractivity contribution < 1.29 is 18.0 Å². The molecule has 7 nitrogen and oxygen atoms in total. The van der Waals surface area contributed by atoms with E-state index in [1.165, 1.54) is 11.0 Å². The number of sulfonamides is 1. The number of carbonyl (C=O) groups is 2. The van der Waals surface area contributed by atoms with E-state index in [1.54, 1.807) is 50.2 Å². The monoisotopic (exact) mass is 527 g/mol. The van der Waals surface area contributed by atoms with Gasteiger partial charge in [0.1, 0.15) is 12.6 Å². The van der Waals surface area contributed by atoms with Crippen molar-refractivity contribution in [3.63, 3.8) is 0 Å². The number of amides is 2. The van der Waals surface area contributed by atoms with Crippen LogP contribution in [0.1, 0.15) is 37.8 Å². The summed E-state index contributed by atoms with van der Waals surface area (Å²) in [4.78, 5) is 27.9. The molecule has 2 rings (SSSR count). The predicted molar refractivity (Wildman–Crippen MR) is 138 cm³/mol. The Morgan fingerprint density at radius 3 is 2.35 bits per heavy atom. The molecule has 34 heavy (non-hydrogen) atoms. The van der Waals surface area contributed by atoms with Crippen molar-refractivity contribution >= 4 is 50.7 Å². The third-order valence-corrected chi connectivity index (χ3v) is 7.08. The number of nitrogens with zero attached hydrogens (tertiary/aromatic N) is 2. The summed E-state index contributed by atoms with van der Waals surface area (Å²) in [7, 11) is -3.83. The lowest BCUT2D eigenvalue weighted by molar-refractivity contribution is -0.140. The molecule has 0 aliphatic carbocycles. The maximum atomic E-state index is 13.6. The van der Waals surface area contributed by atoms with Crippen LogP contribution in [0.3, 0.4) is 0 Å². The van der Waals surface area contributed by atoms with E-state index in [9.17, 15) is 18.0 Å². The highest BCUT2D eigenvalue weighted by molar-refractivity contribution is 7.92. The maximum absolute atomic E-state index is 13.6. The summed E-state index contributed by atoms with van der Waals surface area (Å²) in [6, 6.07) is 11.1. The van der Waals surface area contributed by atoms with Crippen molar-refractivity contribution in [3.8, 4) is 0 Å². The van der Waals surface area contributed by atoms with Gasteiger partial charge in [0, 0.05) is 23.1 Å². The quantitative estimate of drug-likeness (QED) is 0.469. The fraction of sp³-hybridized carbons (Fsp3) is 0.417. The summed E-state index contributed by atoms with van der Waals surface area (Å²) in [5, 5.41) is 3.64. The molecule has 0 saturated carbocycles. The van der Waals surface area contributed by atoms with Crippen LogP contribution in [0.2, 0.25) is 10.0 Å². The van der Waals surface area contributed by atoms with Crippen LogP contribution in [-0.2, 0) is 26.2 Å². The largest absolute Gasteiger partial charge is 0.354 e. The van der Waals surface area contributed by atoms with Gasteiger partial charge in [-0.25, -0.2) is 8.42 Å². The normalized spacial score (nSPS) is 12.2. The minimum atomic E-state index is -3.83. The van der Waals surface area contributed by atoms with E-state index in [2.05, 4.69) is 5.32 Å². The van der Waals surface area contributed by atoms with Crippen LogP contribution in [0.5, 0.6) is 0 Å². The van der Waals surface area contributed by atoms with E-state index >= 15 is 0 Å². The second kappa shape index (κ2) is 12.4. The number of anilines is 1. The van der Waals surface area contributed by atoms with Crippen LogP contribution in [0.4, 0.5) is 5.69 Å². The molecule has 0 heterocycles. The van der Waals surface area contributed by atoms with Gasteiger partial charge in [0.25, 0.3) is 0 Å². The van der Waals surface area contributed by atoms with Gasteiger partial charge in [0.2, 0.25) is 21.8 Å². The van der Waals surface area contributed by atoms with Crippen LogP contribution in [0.15, 0.2) is 42.5 Å². The predicted octanol–water partition coefficient (Wildman–Crippen LogP) is 4.40. The average Bonchev–Trinajstić information content (AvgIpc) is 2.78. The van der Waals surface area contributed by atoms with E-state index in [1.807, 2.05) is 6.92 Å². The second-order valence-corrected chi connectivity index (χ2v) is 10.8. The van der Waals surface area contributed by atoms with Crippen LogP contribution in [-0.4, -0.2) is 50.5 Å². The molecule has 2 amide bonds. The second-order valence-electron chi connectivity index (χ2n) is 8.03. The Labute approximate surface area is 212 Å². The fourth-order valence-corrected chi connectivity index (χ4v) is 4.80. The maximum Gasteiger partial charge on any atom is 0.244 e. The van der Waals surface area contributed by atoms with Gasteiger partial charge in [-0.15, -0.1) is 0 Å².